The molecular weight excluding hydrogens is 276 g/mol. The molecule has 0 aromatic heterocycles. The lowest BCUT2D eigenvalue weighted by Crippen LogP contribution is -2.41. The number of benzene rings is 1. The zero-order chi connectivity index (χ0) is 15.7. The van der Waals surface area contributed by atoms with Crippen LogP contribution in [0.4, 0.5) is 0 Å². The quantitative estimate of drug-likeness (QED) is 0.905. The third kappa shape index (κ3) is 2.90. The summed E-state index contributed by atoms with van der Waals surface area (Å²) in [4.78, 5) is 16.7. The van der Waals surface area contributed by atoms with Gasteiger partial charge in [-0.1, -0.05) is 44.2 Å². The van der Waals surface area contributed by atoms with Crippen molar-refractivity contribution < 1.29 is 9.90 Å². The summed E-state index contributed by atoms with van der Waals surface area (Å²) in [6, 6.07) is 10.3. The van der Waals surface area contributed by atoms with Crippen molar-refractivity contribution in [1.82, 2.24) is 9.80 Å². The van der Waals surface area contributed by atoms with E-state index in [2.05, 4.69) is 35.8 Å². The molecule has 0 unspecified atom stereocenters. The summed E-state index contributed by atoms with van der Waals surface area (Å²) in [6.07, 6.45) is 0. The second kappa shape index (κ2) is 6.01. The van der Waals surface area contributed by atoms with Crippen LogP contribution in [0.3, 0.4) is 0 Å². The monoisotopic (exact) mass is 302 g/mol. The summed E-state index contributed by atoms with van der Waals surface area (Å²) in [5, 5.41) is 9.86. The Bertz CT molecular complexity index is 531. The molecular formula is C18H26N2O2. The van der Waals surface area contributed by atoms with Gasteiger partial charge in [0.2, 0.25) is 0 Å². The normalized spacial score (nSPS) is 29.1. The first-order chi connectivity index (χ1) is 10.5. The van der Waals surface area contributed by atoms with E-state index in [1.165, 1.54) is 5.56 Å². The number of rotatable bonds is 5. The molecule has 2 aliphatic heterocycles. The first-order valence-corrected chi connectivity index (χ1v) is 8.21. The van der Waals surface area contributed by atoms with Gasteiger partial charge in [-0.05, 0) is 11.5 Å². The van der Waals surface area contributed by atoms with Crippen LogP contribution in [-0.4, -0.2) is 53.6 Å². The molecule has 4 heteroatoms. The Hall–Kier alpha value is -1.39. The average molecular weight is 302 g/mol. The maximum absolute atomic E-state index is 12.0. The third-order valence-corrected chi connectivity index (χ3v) is 5.05. The number of nitrogens with zero attached hydrogens (tertiary/aromatic N) is 2. The molecule has 1 aromatic rings. The summed E-state index contributed by atoms with van der Waals surface area (Å²) in [6.45, 7) is 9.46. The number of carboxylic acid groups (broad SMARTS) is 1. The zero-order valence-corrected chi connectivity index (χ0v) is 13.5. The van der Waals surface area contributed by atoms with E-state index in [1.807, 2.05) is 18.2 Å². The zero-order valence-electron chi connectivity index (χ0n) is 13.5. The second-order valence-corrected chi connectivity index (χ2v) is 7.40. The van der Waals surface area contributed by atoms with Gasteiger partial charge in [-0.15, -0.1) is 0 Å². The highest BCUT2D eigenvalue weighted by Crippen LogP contribution is 2.43. The van der Waals surface area contributed by atoms with Crippen molar-refractivity contribution in [3.63, 3.8) is 0 Å². The van der Waals surface area contributed by atoms with Gasteiger partial charge in [0.15, 0.2) is 0 Å². The SMILES string of the molecule is CC(C)CN1C[C@@H]2CN(Cc3ccccc3)C[C@]2(C(=O)O)C1. The summed E-state index contributed by atoms with van der Waals surface area (Å²) >= 11 is 0. The van der Waals surface area contributed by atoms with Crippen molar-refractivity contribution in [2.24, 2.45) is 17.3 Å². The molecule has 0 aliphatic carbocycles. The topological polar surface area (TPSA) is 43.8 Å². The van der Waals surface area contributed by atoms with Gasteiger partial charge in [0.05, 0.1) is 5.41 Å². The van der Waals surface area contributed by atoms with E-state index < -0.39 is 11.4 Å². The second-order valence-electron chi connectivity index (χ2n) is 7.40. The lowest BCUT2D eigenvalue weighted by atomic mass is 9.81. The van der Waals surface area contributed by atoms with Crippen LogP contribution < -0.4 is 0 Å². The van der Waals surface area contributed by atoms with E-state index in [0.717, 1.165) is 26.2 Å². The molecule has 2 atom stereocenters. The van der Waals surface area contributed by atoms with Crippen molar-refractivity contribution in [2.45, 2.75) is 20.4 Å². The van der Waals surface area contributed by atoms with Crippen LogP contribution in [0.1, 0.15) is 19.4 Å². The van der Waals surface area contributed by atoms with Gasteiger partial charge < -0.3 is 10.0 Å². The van der Waals surface area contributed by atoms with Crippen LogP contribution in [-0.2, 0) is 11.3 Å². The Balaban J connectivity index is 1.70. The molecule has 1 aromatic carbocycles. The van der Waals surface area contributed by atoms with Crippen molar-refractivity contribution >= 4 is 5.97 Å². The molecule has 0 saturated carbocycles. The minimum atomic E-state index is -0.612. The van der Waals surface area contributed by atoms with Crippen molar-refractivity contribution in [2.75, 3.05) is 32.7 Å². The largest absolute Gasteiger partial charge is 0.481 e. The predicted octanol–water partition coefficient (Wildman–Crippen LogP) is 2.16. The molecule has 4 nitrogen and oxygen atoms in total. The van der Waals surface area contributed by atoms with Crippen molar-refractivity contribution in [1.29, 1.82) is 0 Å². The fourth-order valence-electron chi connectivity index (χ4n) is 4.19. The highest BCUT2D eigenvalue weighted by Gasteiger charge is 2.57. The molecule has 0 radical (unpaired) electrons. The highest BCUT2D eigenvalue weighted by atomic mass is 16.4. The lowest BCUT2D eigenvalue weighted by molar-refractivity contribution is -0.149. The van der Waals surface area contributed by atoms with E-state index >= 15 is 0 Å². The standard InChI is InChI=1S/C18H26N2O2/c1-14(2)8-19-10-16-11-20(9-15-6-4-3-5-7-15)13-18(16,12-19)17(21)22/h3-7,14,16H,8-13H2,1-2H3,(H,21,22)/t16-,18-/m1/s1. The Labute approximate surface area is 132 Å². The number of likely N-dealkylation sites (tertiary alicyclic amines) is 2. The van der Waals surface area contributed by atoms with Gasteiger partial charge in [-0.3, -0.25) is 9.69 Å². The summed E-state index contributed by atoms with van der Waals surface area (Å²) < 4.78 is 0. The molecule has 0 spiro atoms. The lowest BCUT2D eigenvalue weighted by Gasteiger charge is -2.26. The molecule has 1 N–H and O–H groups in total. The Morgan fingerprint density at radius 1 is 1.23 bits per heavy atom. The fourth-order valence-corrected chi connectivity index (χ4v) is 4.19. The van der Waals surface area contributed by atoms with Gasteiger partial charge in [0.1, 0.15) is 0 Å². The number of carboxylic acids is 1. The Morgan fingerprint density at radius 3 is 2.45 bits per heavy atom. The van der Waals surface area contributed by atoms with E-state index in [-0.39, 0.29) is 5.92 Å². The van der Waals surface area contributed by atoms with E-state index in [9.17, 15) is 9.90 Å². The molecule has 0 bridgehead atoms. The molecule has 2 aliphatic rings. The Morgan fingerprint density at radius 2 is 1.86 bits per heavy atom. The number of aliphatic carboxylic acids is 1. The van der Waals surface area contributed by atoms with Crippen LogP contribution in [0.5, 0.6) is 0 Å². The van der Waals surface area contributed by atoms with Gasteiger partial charge in [-0.2, -0.15) is 0 Å². The van der Waals surface area contributed by atoms with Crippen molar-refractivity contribution in [3.8, 4) is 0 Å². The van der Waals surface area contributed by atoms with E-state index in [0.29, 0.717) is 19.0 Å². The fraction of sp³-hybridized carbons (Fsp3) is 0.611. The average Bonchev–Trinajstić information content (AvgIpc) is 2.93. The molecule has 2 saturated heterocycles. The van der Waals surface area contributed by atoms with Crippen LogP contribution in [0.15, 0.2) is 30.3 Å². The van der Waals surface area contributed by atoms with Gasteiger partial charge in [0.25, 0.3) is 0 Å². The van der Waals surface area contributed by atoms with Crippen LogP contribution in [0, 0.1) is 17.3 Å². The van der Waals surface area contributed by atoms with Crippen LogP contribution >= 0.6 is 0 Å². The first-order valence-electron chi connectivity index (χ1n) is 8.21. The first kappa shape index (κ1) is 15.5. The maximum Gasteiger partial charge on any atom is 0.312 e. The van der Waals surface area contributed by atoms with Crippen molar-refractivity contribution in [3.05, 3.63) is 35.9 Å². The summed E-state index contributed by atoms with van der Waals surface area (Å²) in [5.74, 6) is 0.233. The number of carbonyl (C=O) groups is 1. The van der Waals surface area contributed by atoms with Gasteiger partial charge in [0, 0.05) is 45.2 Å². The number of hydrogen-bond acceptors (Lipinski definition) is 3. The number of fused-ring (bicyclic) bond motifs is 1. The molecule has 3 rings (SSSR count). The molecule has 120 valence electrons. The van der Waals surface area contributed by atoms with E-state index in [4.69, 9.17) is 0 Å². The minimum Gasteiger partial charge on any atom is -0.481 e. The van der Waals surface area contributed by atoms with E-state index in [1.54, 1.807) is 0 Å². The third-order valence-electron chi connectivity index (χ3n) is 5.05. The predicted molar refractivity (Wildman–Crippen MR) is 86.6 cm³/mol. The van der Waals surface area contributed by atoms with Crippen LogP contribution in [0.2, 0.25) is 0 Å². The highest BCUT2D eigenvalue weighted by molar-refractivity contribution is 5.77. The van der Waals surface area contributed by atoms with Crippen LogP contribution in [0.25, 0.3) is 0 Å². The molecule has 22 heavy (non-hydrogen) atoms. The Kier molecular flexibility index (Phi) is 4.24. The smallest absolute Gasteiger partial charge is 0.312 e. The van der Waals surface area contributed by atoms with Gasteiger partial charge in [-0.25, -0.2) is 0 Å². The summed E-state index contributed by atoms with van der Waals surface area (Å²) in [5.41, 5.74) is 0.700. The number of hydrogen-bond donors (Lipinski definition) is 1. The minimum absolute atomic E-state index is 0.257. The molecule has 2 heterocycles. The van der Waals surface area contributed by atoms with Gasteiger partial charge >= 0.3 is 5.97 Å². The molecule has 0 amide bonds. The summed E-state index contributed by atoms with van der Waals surface area (Å²) in [7, 11) is 0. The maximum atomic E-state index is 12.0. The molecule has 2 fully saturated rings.